The van der Waals surface area contributed by atoms with Gasteiger partial charge in [0.25, 0.3) is 0 Å². The van der Waals surface area contributed by atoms with Gasteiger partial charge in [0.1, 0.15) is 0 Å². The van der Waals surface area contributed by atoms with E-state index in [0.717, 1.165) is 24.8 Å². The molecule has 1 amide bonds. The van der Waals surface area contributed by atoms with Crippen LogP contribution in [-0.4, -0.2) is 68.6 Å². The topological polar surface area (TPSA) is 145 Å². The number of aliphatic hydroxyl groups is 4. The molecule has 2 aliphatic rings. The van der Waals surface area contributed by atoms with Gasteiger partial charge in [-0.25, -0.2) is 0 Å². The average Bonchev–Trinajstić information content (AvgIpc) is 2.86. The molecule has 1 heterocycles. The molecule has 0 radical (unpaired) electrons. The number of carbonyl (C=O) groups excluding carboxylic acids is 1. The molecular weight excluding hydrogens is 436 g/mol. The molecular formula is C26H42N2O6. The lowest BCUT2D eigenvalue weighted by Crippen LogP contribution is -2.62. The Morgan fingerprint density at radius 3 is 2.44 bits per heavy atom. The zero-order valence-corrected chi connectivity index (χ0v) is 20.8. The maximum atomic E-state index is 12.7. The van der Waals surface area contributed by atoms with E-state index in [1.54, 1.807) is 0 Å². The summed E-state index contributed by atoms with van der Waals surface area (Å²) in [6, 6.07) is 9.11. The fourth-order valence-corrected chi connectivity index (χ4v) is 6.06. The van der Waals surface area contributed by atoms with E-state index in [9.17, 15) is 25.2 Å². The van der Waals surface area contributed by atoms with Crippen molar-refractivity contribution in [3.63, 3.8) is 0 Å². The summed E-state index contributed by atoms with van der Waals surface area (Å²) in [5.41, 5.74) is 6.65. The van der Waals surface area contributed by atoms with Gasteiger partial charge in [-0.3, -0.25) is 4.79 Å². The SMILES string of the molecule is CC(C)(CCCC1OC2(O)C(CO)C(O)C(O)C12)CC(C)(C)NC(=O)C(N)Cc1ccccc1. The number of nitrogens with two attached hydrogens (primary N) is 1. The second kappa shape index (κ2) is 10.2. The third-order valence-corrected chi connectivity index (χ3v) is 7.44. The Morgan fingerprint density at radius 2 is 1.82 bits per heavy atom. The molecule has 0 bridgehead atoms. The van der Waals surface area contributed by atoms with E-state index in [-0.39, 0.29) is 17.4 Å². The highest BCUT2D eigenvalue weighted by molar-refractivity contribution is 5.82. The summed E-state index contributed by atoms with van der Waals surface area (Å²) in [6.45, 7) is 7.86. The van der Waals surface area contributed by atoms with Crippen LogP contribution in [-0.2, 0) is 16.0 Å². The van der Waals surface area contributed by atoms with E-state index in [0.29, 0.717) is 12.8 Å². The predicted molar refractivity (Wildman–Crippen MR) is 128 cm³/mol. The fourth-order valence-electron chi connectivity index (χ4n) is 6.06. The Kier molecular flexibility index (Phi) is 8.12. The lowest BCUT2D eigenvalue weighted by Gasteiger charge is -2.50. The van der Waals surface area contributed by atoms with Crippen LogP contribution in [0.4, 0.5) is 0 Å². The van der Waals surface area contributed by atoms with Crippen LogP contribution < -0.4 is 11.1 Å². The molecule has 8 nitrogen and oxygen atoms in total. The zero-order chi connectivity index (χ0) is 25.3. The Morgan fingerprint density at radius 1 is 1.18 bits per heavy atom. The molecule has 8 heteroatoms. The highest BCUT2D eigenvalue weighted by atomic mass is 16.7. The number of ether oxygens (including phenoxy) is 1. The summed E-state index contributed by atoms with van der Waals surface area (Å²) in [6.07, 6.45) is 0.861. The molecule has 2 fully saturated rings. The first-order valence-corrected chi connectivity index (χ1v) is 12.3. The van der Waals surface area contributed by atoms with E-state index in [4.69, 9.17) is 10.5 Å². The van der Waals surface area contributed by atoms with Gasteiger partial charge in [0.05, 0.1) is 42.8 Å². The van der Waals surface area contributed by atoms with Crippen molar-refractivity contribution in [2.75, 3.05) is 6.61 Å². The van der Waals surface area contributed by atoms with Gasteiger partial charge in [0.2, 0.25) is 5.91 Å². The minimum Gasteiger partial charge on any atom is -0.396 e. The van der Waals surface area contributed by atoms with Crippen LogP contribution in [0.1, 0.15) is 58.9 Å². The molecule has 7 N–H and O–H groups in total. The second-order valence-electron chi connectivity index (χ2n) is 11.6. The minimum absolute atomic E-state index is 0.0816. The monoisotopic (exact) mass is 478 g/mol. The van der Waals surface area contributed by atoms with Crippen molar-refractivity contribution in [2.45, 2.75) is 95.5 Å². The molecule has 1 saturated carbocycles. The summed E-state index contributed by atoms with van der Waals surface area (Å²) in [5.74, 6) is -3.31. The molecule has 1 aliphatic heterocycles. The Hall–Kier alpha value is -1.55. The molecule has 7 atom stereocenters. The third kappa shape index (κ3) is 5.80. The van der Waals surface area contributed by atoms with Crippen LogP contribution in [0.5, 0.6) is 0 Å². The van der Waals surface area contributed by atoms with Crippen molar-refractivity contribution in [3.05, 3.63) is 35.9 Å². The number of aliphatic hydroxyl groups excluding tert-OH is 3. The maximum Gasteiger partial charge on any atom is 0.237 e. The second-order valence-corrected chi connectivity index (χ2v) is 11.6. The van der Waals surface area contributed by atoms with Gasteiger partial charge < -0.3 is 36.2 Å². The van der Waals surface area contributed by atoms with Crippen LogP contribution in [0.25, 0.3) is 0 Å². The van der Waals surface area contributed by atoms with Crippen LogP contribution in [0, 0.1) is 17.3 Å². The molecule has 1 saturated heterocycles. The summed E-state index contributed by atoms with van der Waals surface area (Å²) >= 11 is 0. The summed E-state index contributed by atoms with van der Waals surface area (Å²) in [4.78, 5) is 12.7. The molecule has 1 aromatic carbocycles. The molecule has 0 aromatic heterocycles. The van der Waals surface area contributed by atoms with Gasteiger partial charge in [-0.1, -0.05) is 50.6 Å². The Bertz CT molecular complexity index is 832. The van der Waals surface area contributed by atoms with Crippen molar-refractivity contribution < 1.29 is 30.0 Å². The Labute approximate surface area is 202 Å². The average molecular weight is 479 g/mol. The van der Waals surface area contributed by atoms with Gasteiger partial charge in [0, 0.05) is 5.54 Å². The molecule has 1 aromatic rings. The van der Waals surface area contributed by atoms with Gasteiger partial charge >= 0.3 is 0 Å². The van der Waals surface area contributed by atoms with Crippen LogP contribution in [0.15, 0.2) is 30.3 Å². The number of fused-ring (bicyclic) bond motifs is 1. The first-order valence-electron chi connectivity index (χ1n) is 12.3. The lowest BCUT2D eigenvalue weighted by molar-refractivity contribution is -0.381. The van der Waals surface area contributed by atoms with Crippen LogP contribution in [0.3, 0.4) is 0 Å². The highest BCUT2D eigenvalue weighted by Crippen LogP contribution is 2.54. The third-order valence-electron chi connectivity index (χ3n) is 7.44. The van der Waals surface area contributed by atoms with E-state index in [2.05, 4.69) is 19.2 Å². The highest BCUT2D eigenvalue weighted by Gasteiger charge is 2.69. The lowest BCUT2D eigenvalue weighted by atomic mass is 9.75. The zero-order valence-electron chi connectivity index (χ0n) is 20.8. The largest absolute Gasteiger partial charge is 0.396 e. The van der Waals surface area contributed by atoms with E-state index in [1.807, 2.05) is 44.2 Å². The number of amides is 1. The first kappa shape index (κ1) is 27.0. The van der Waals surface area contributed by atoms with Gasteiger partial charge in [-0.2, -0.15) is 0 Å². The molecule has 3 rings (SSSR count). The normalized spacial score (nSPS) is 32.1. The number of hydrogen-bond donors (Lipinski definition) is 6. The van der Waals surface area contributed by atoms with Gasteiger partial charge in [-0.05, 0) is 50.5 Å². The van der Waals surface area contributed by atoms with Gasteiger partial charge in [0.15, 0.2) is 5.79 Å². The number of rotatable bonds is 11. The summed E-state index contributed by atoms with van der Waals surface area (Å²) in [7, 11) is 0. The number of carbonyl (C=O) groups is 1. The smallest absolute Gasteiger partial charge is 0.237 e. The van der Waals surface area contributed by atoms with Crippen molar-refractivity contribution in [1.82, 2.24) is 5.32 Å². The Balaban J connectivity index is 1.45. The van der Waals surface area contributed by atoms with Crippen LogP contribution in [0.2, 0.25) is 0 Å². The molecule has 0 spiro atoms. The summed E-state index contributed by atoms with van der Waals surface area (Å²) in [5, 5.41) is 43.6. The first-order chi connectivity index (χ1) is 15.8. The minimum atomic E-state index is -1.65. The van der Waals surface area contributed by atoms with Crippen molar-refractivity contribution >= 4 is 5.91 Å². The van der Waals surface area contributed by atoms with Crippen molar-refractivity contribution in [3.8, 4) is 0 Å². The molecule has 192 valence electrons. The molecule has 1 aliphatic carbocycles. The van der Waals surface area contributed by atoms with E-state index in [1.165, 1.54) is 0 Å². The van der Waals surface area contributed by atoms with E-state index < -0.39 is 48.0 Å². The van der Waals surface area contributed by atoms with Crippen molar-refractivity contribution in [1.29, 1.82) is 0 Å². The quantitative estimate of drug-likeness (QED) is 0.279. The number of hydrogen-bond acceptors (Lipinski definition) is 7. The fraction of sp³-hybridized carbons (Fsp3) is 0.731. The standard InChI is InChI=1S/C26H42N2O6/c1-24(2,12-8-11-19-20-22(31)21(30)17(14-29)26(20,33)34-19)15-25(3,4)28-23(32)18(27)13-16-9-6-5-7-10-16/h5-7,9-10,17-22,29-31,33H,8,11-15,27H2,1-4H3,(H,28,32). The van der Waals surface area contributed by atoms with E-state index >= 15 is 0 Å². The number of nitrogens with one attached hydrogen (secondary N) is 1. The van der Waals surface area contributed by atoms with Crippen LogP contribution >= 0.6 is 0 Å². The number of benzene rings is 1. The van der Waals surface area contributed by atoms with Gasteiger partial charge in [-0.15, -0.1) is 0 Å². The maximum absolute atomic E-state index is 12.7. The molecule has 7 unspecified atom stereocenters. The van der Waals surface area contributed by atoms with Crippen molar-refractivity contribution in [2.24, 2.45) is 23.0 Å². The summed E-state index contributed by atoms with van der Waals surface area (Å²) < 4.78 is 5.64. The predicted octanol–water partition coefficient (Wildman–Crippen LogP) is 1.09. The molecule has 34 heavy (non-hydrogen) atoms.